The largest absolute Gasteiger partial charge is 0.113 e. The Labute approximate surface area is 147 Å². The van der Waals surface area contributed by atoms with Gasteiger partial charge in [0.1, 0.15) is 7.56 Å². The molecule has 2 aromatic carbocycles. The van der Waals surface area contributed by atoms with Crippen molar-refractivity contribution in [1.82, 2.24) is 0 Å². The van der Waals surface area contributed by atoms with Crippen LogP contribution in [0.4, 0.5) is 0 Å². The Morgan fingerprint density at radius 1 is 0.684 bits per heavy atom. The van der Waals surface area contributed by atoms with Gasteiger partial charge in [0.15, 0.2) is 0 Å². The topological polar surface area (TPSA) is 0 Å². The molecule has 100 valence electrons. The molecule has 0 bridgehead atoms. The Morgan fingerprint density at radius 2 is 1.05 bits per heavy atom. The third-order valence-electron chi connectivity index (χ3n) is 3.01. The molecule has 0 aliphatic carbocycles. The lowest BCUT2D eigenvalue weighted by atomic mass is 9.88. The second kappa shape index (κ2) is 6.42. The third-order valence-corrected chi connectivity index (χ3v) is 9.77. The van der Waals surface area contributed by atoms with Crippen LogP contribution in [0.15, 0.2) is 60.7 Å². The van der Waals surface area contributed by atoms with E-state index in [4.69, 9.17) is 0 Å². The molecule has 0 atom stereocenters. The first kappa shape index (κ1) is 15.7. The van der Waals surface area contributed by atoms with E-state index in [1.165, 1.54) is 11.1 Å². The van der Waals surface area contributed by atoms with Crippen LogP contribution in [0.1, 0.15) is 11.1 Å². The molecule has 0 aromatic heterocycles. The highest BCUT2D eigenvalue weighted by Crippen LogP contribution is 2.55. The van der Waals surface area contributed by atoms with Crippen LogP contribution < -0.4 is 0 Å². The lowest BCUT2D eigenvalue weighted by molar-refractivity contribution is 0.732. The van der Waals surface area contributed by atoms with Gasteiger partial charge in [0.25, 0.3) is 0 Å². The predicted octanol–water partition coefficient (Wildman–Crippen LogP) is 6.21. The first-order valence-electron chi connectivity index (χ1n) is 5.76. The van der Waals surface area contributed by atoms with E-state index in [0.29, 0.717) is 0 Å². The van der Waals surface area contributed by atoms with Gasteiger partial charge in [-0.25, -0.2) is 0 Å². The van der Waals surface area contributed by atoms with E-state index < -0.39 is 0 Å². The molecule has 0 N–H and O–H groups in total. The molecule has 0 aliphatic rings. The Bertz CT molecular complexity index is 483. The number of benzene rings is 2. The van der Waals surface area contributed by atoms with Gasteiger partial charge < -0.3 is 0 Å². The first-order valence-corrected chi connectivity index (χ1v) is 9.26. The maximum atomic E-state index is 3.96. The molecule has 0 heterocycles. The molecule has 0 nitrogen and oxygen atoms in total. The van der Waals surface area contributed by atoms with E-state index in [1.807, 2.05) is 12.1 Å². The van der Waals surface area contributed by atoms with Crippen molar-refractivity contribution in [2.24, 2.45) is 0 Å². The van der Waals surface area contributed by atoms with Gasteiger partial charge in [-0.1, -0.05) is 124 Å². The molecule has 2 rings (SSSR count). The van der Waals surface area contributed by atoms with Crippen molar-refractivity contribution >= 4 is 63.7 Å². The summed E-state index contributed by atoms with van der Waals surface area (Å²) in [7, 11) is 0. The molecule has 0 radical (unpaired) electrons. The predicted molar refractivity (Wildman–Crippen MR) is 97.0 cm³/mol. The second-order valence-corrected chi connectivity index (χ2v) is 9.75. The zero-order valence-corrected chi connectivity index (χ0v) is 16.3. The first-order chi connectivity index (χ1) is 9.02. The lowest BCUT2D eigenvalue weighted by Crippen LogP contribution is -2.40. The summed E-state index contributed by atoms with van der Waals surface area (Å²) in [6, 6.07) is 20.8. The van der Waals surface area contributed by atoms with Crippen molar-refractivity contribution in [1.29, 1.82) is 0 Å². The maximum Gasteiger partial charge on any atom is 0.113 e. The van der Waals surface area contributed by atoms with Crippen molar-refractivity contribution in [3.8, 4) is 0 Å². The van der Waals surface area contributed by atoms with Crippen LogP contribution in [0.25, 0.3) is 0 Å². The van der Waals surface area contributed by atoms with E-state index in [0.717, 1.165) is 5.33 Å². The maximum absolute atomic E-state index is 3.96. The SMILES string of the molecule is BrCC(Br)(Br)C(Br)(c1ccccc1)c1ccccc1. The van der Waals surface area contributed by atoms with E-state index in [1.54, 1.807) is 0 Å². The molecule has 2 aromatic rings. The number of alkyl halides is 4. The van der Waals surface area contributed by atoms with E-state index in [2.05, 4.69) is 112 Å². The molecular formula is C15H12Br4. The summed E-state index contributed by atoms with van der Waals surface area (Å²) in [5.41, 5.74) is 2.38. The summed E-state index contributed by atoms with van der Waals surface area (Å²) in [4.78, 5) is 0. The van der Waals surface area contributed by atoms with Gasteiger partial charge in [0, 0.05) is 5.33 Å². The van der Waals surface area contributed by atoms with E-state index >= 15 is 0 Å². The van der Waals surface area contributed by atoms with Crippen LogP contribution in [-0.4, -0.2) is 8.56 Å². The molecule has 4 heteroatoms. The van der Waals surface area contributed by atoms with Crippen LogP contribution in [0.3, 0.4) is 0 Å². The Hall–Kier alpha value is 0.360. The highest BCUT2D eigenvalue weighted by molar-refractivity contribution is 9.27. The zero-order chi connectivity index (χ0) is 13.9. The van der Waals surface area contributed by atoms with Crippen LogP contribution in [0, 0.1) is 0 Å². The quantitative estimate of drug-likeness (QED) is 0.428. The summed E-state index contributed by atoms with van der Waals surface area (Å²) < 4.78 is -0.707. The van der Waals surface area contributed by atoms with Crippen LogP contribution in [0.2, 0.25) is 0 Å². The van der Waals surface area contributed by atoms with Crippen molar-refractivity contribution in [2.75, 3.05) is 5.33 Å². The van der Waals surface area contributed by atoms with Crippen LogP contribution in [0.5, 0.6) is 0 Å². The summed E-state index contributed by atoms with van der Waals surface area (Å²) in [6.07, 6.45) is 0. The molecule has 0 saturated carbocycles. The van der Waals surface area contributed by atoms with Crippen molar-refractivity contribution in [3.63, 3.8) is 0 Å². The molecule has 0 amide bonds. The minimum absolute atomic E-state index is 0.338. The number of rotatable bonds is 4. The Balaban J connectivity index is 2.65. The van der Waals surface area contributed by atoms with Gasteiger partial charge in [-0.15, -0.1) is 0 Å². The van der Waals surface area contributed by atoms with Crippen molar-refractivity contribution in [3.05, 3.63) is 71.8 Å². The molecule has 0 unspecified atom stereocenters. The van der Waals surface area contributed by atoms with Crippen molar-refractivity contribution in [2.45, 2.75) is 7.56 Å². The molecule has 0 spiro atoms. The third kappa shape index (κ3) is 3.02. The number of halogens is 4. The summed E-state index contributed by atoms with van der Waals surface area (Å²) in [6.45, 7) is 0. The van der Waals surface area contributed by atoms with Crippen LogP contribution >= 0.6 is 63.7 Å². The minimum Gasteiger partial charge on any atom is -0.0903 e. The van der Waals surface area contributed by atoms with Crippen LogP contribution in [-0.2, 0) is 4.32 Å². The zero-order valence-electron chi connectivity index (χ0n) is 9.99. The number of hydrogen-bond donors (Lipinski definition) is 0. The van der Waals surface area contributed by atoms with Crippen molar-refractivity contribution < 1.29 is 0 Å². The van der Waals surface area contributed by atoms with Gasteiger partial charge >= 0.3 is 0 Å². The van der Waals surface area contributed by atoms with Gasteiger partial charge in [-0.3, -0.25) is 0 Å². The standard InChI is InChI=1S/C15H12Br4/c16-11-14(17,18)15(19,12-7-3-1-4-8-12)13-9-5-2-6-10-13/h1-10H,11H2. The highest BCUT2D eigenvalue weighted by atomic mass is 79.9. The molecule has 0 aliphatic heterocycles. The van der Waals surface area contributed by atoms with Gasteiger partial charge in [0.2, 0.25) is 0 Å². The fourth-order valence-electron chi connectivity index (χ4n) is 2.02. The Morgan fingerprint density at radius 3 is 1.37 bits per heavy atom. The summed E-state index contributed by atoms with van der Waals surface area (Å²) in [5.74, 6) is 0. The van der Waals surface area contributed by atoms with Gasteiger partial charge in [0.05, 0.1) is 0 Å². The monoisotopic (exact) mass is 508 g/mol. The van der Waals surface area contributed by atoms with Gasteiger partial charge in [-0.05, 0) is 11.1 Å². The molecule has 19 heavy (non-hydrogen) atoms. The van der Waals surface area contributed by atoms with E-state index in [-0.39, 0.29) is 7.56 Å². The lowest BCUT2D eigenvalue weighted by Gasteiger charge is -2.39. The smallest absolute Gasteiger partial charge is 0.0903 e. The molecular weight excluding hydrogens is 500 g/mol. The summed E-state index contributed by atoms with van der Waals surface area (Å²) >= 11 is 15.1. The fraction of sp³-hybridized carbons (Fsp3) is 0.200. The number of hydrogen-bond acceptors (Lipinski definition) is 0. The van der Waals surface area contributed by atoms with E-state index in [9.17, 15) is 0 Å². The minimum atomic E-state index is -0.369. The van der Waals surface area contributed by atoms with Gasteiger partial charge in [-0.2, -0.15) is 0 Å². The molecule has 0 saturated heterocycles. The summed E-state index contributed by atoms with van der Waals surface area (Å²) in [5, 5.41) is 0.745. The average molecular weight is 512 g/mol. The highest BCUT2D eigenvalue weighted by Gasteiger charge is 2.48. The fourth-order valence-corrected chi connectivity index (χ4v) is 4.40. The normalized spacial score (nSPS) is 12.4. The Kier molecular flexibility index (Phi) is 5.32. The average Bonchev–Trinajstić information content (AvgIpc) is 2.48. The molecule has 0 fully saturated rings. The second-order valence-electron chi connectivity index (χ2n) is 4.23.